The zero-order valence-corrected chi connectivity index (χ0v) is 37.3. The third-order valence-electron chi connectivity index (χ3n) is 13.1. The van der Waals surface area contributed by atoms with Crippen LogP contribution in [0.5, 0.6) is 0 Å². The molecule has 69 heavy (non-hydrogen) atoms. The molecule has 13 rings (SSSR count). The number of fused-ring (bicyclic) bond motifs is 6. The van der Waals surface area contributed by atoms with Gasteiger partial charge in [0.15, 0.2) is 17.5 Å². The predicted molar refractivity (Wildman–Crippen MR) is 283 cm³/mol. The van der Waals surface area contributed by atoms with Gasteiger partial charge in [0.1, 0.15) is 11.2 Å². The fourth-order valence-corrected chi connectivity index (χ4v) is 9.79. The smallest absolute Gasteiger partial charge is 0.164 e. The Balaban J connectivity index is 0.927. The van der Waals surface area contributed by atoms with Gasteiger partial charge in [0.2, 0.25) is 0 Å². The van der Waals surface area contributed by atoms with E-state index in [1.807, 2.05) is 18.2 Å². The van der Waals surface area contributed by atoms with E-state index in [0.717, 1.165) is 116 Å². The lowest BCUT2D eigenvalue weighted by atomic mass is 9.89. The number of nitrogens with zero attached hydrogens (tertiary/aromatic N) is 4. The van der Waals surface area contributed by atoms with E-state index in [2.05, 4.69) is 224 Å². The third-order valence-corrected chi connectivity index (χ3v) is 13.1. The lowest BCUT2D eigenvalue weighted by Crippen LogP contribution is -2.00. The Morgan fingerprint density at radius 2 is 0.681 bits per heavy atom. The molecule has 0 atom stereocenters. The molecule has 0 aliphatic heterocycles. The van der Waals surface area contributed by atoms with Gasteiger partial charge in [0, 0.05) is 54.7 Å². The average molecular weight is 881 g/mol. The van der Waals surface area contributed by atoms with Crippen LogP contribution in [0, 0.1) is 0 Å². The number of pyridine rings is 1. The number of hydrogen-bond donors (Lipinski definition) is 0. The first kappa shape index (κ1) is 40.0. The van der Waals surface area contributed by atoms with Crippen LogP contribution in [0.4, 0.5) is 0 Å². The van der Waals surface area contributed by atoms with E-state index >= 15 is 0 Å². The van der Waals surface area contributed by atoms with Gasteiger partial charge in [-0.3, -0.25) is 0 Å². The molecule has 0 amide bonds. The first-order chi connectivity index (χ1) is 34.2. The van der Waals surface area contributed by atoms with Crippen molar-refractivity contribution in [2.45, 2.75) is 0 Å². The average Bonchev–Trinajstić information content (AvgIpc) is 3.81. The van der Waals surface area contributed by atoms with Crippen molar-refractivity contribution < 1.29 is 4.42 Å². The topological polar surface area (TPSA) is 64.7 Å². The summed E-state index contributed by atoms with van der Waals surface area (Å²) in [6.45, 7) is 0. The quantitative estimate of drug-likeness (QED) is 0.142. The van der Waals surface area contributed by atoms with Crippen molar-refractivity contribution in [3.8, 4) is 89.9 Å². The standard InChI is InChI=1S/C64H40N4O/c1-4-17-41(18-5-1)47-24-15-27-50(38-47)63-66-62(67-64(68-63)51-28-16-25-48(39-51)42-19-6-2-7-20-42)45-35-33-43(34-36-45)46-23-14-26-49(37-46)61-54-40-57-60(53-30-11-13-32-56(53)69-57)58(44-21-8-3-9-22-44)59(54)52-29-10-12-31-55(52)65-61/h1-40H. The van der Waals surface area contributed by atoms with Crippen molar-refractivity contribution in [3.63, 3.8) is 0 Å². The number of rotatable bonds is 8. The molecule has 0 N–H and O–H groups in total. The summed E-state index contributed by atoms with van der Waals surface area (Å²) in [6.07, 6.45) is 0. The monoisotopic (exact) mass is 880 g/mol. The minimum absolute atomic E-state index is 0.600. The van der Waals surface area contributed by atoms with Crippen LogP contribution in [0.3, 0.4) is 0 Å². The van der Waals surface area contributed by atoms with Crippen LogP contribution in [0.25, 0.3) is 134 Å². The van der Waals surface area contributed by atoms with Crippen molar-refractivity contribution in [2.24, 2.45) is 0 Å². The van der Waals surface area contributed by atoms with E-state index in [4.69, 9.17) is 24.4 Å². The first-order valence-corrected chi connectivity index (χ1v) is 23.2. The van der Waals surface area contributed by atoms with Gasteiger partial charge in [0.05, 0.1) is 11.2 Å². The van der Waals surface area contributed by atoms with E-state index in [0.29, 0.717) is 17.5 Å². The maximum atomic E-state index is 6.64. The maximum absolute atomic E-state index is 6.64. The molecule has 0 saturated heterocycles. The zero-order valence-electron chi connectivity index (χ0n) is 37.3. The summed E-state index contributed by atoms with van der Waals surface area (Å²) in [4.78, 5) is 20.8. The highest BCUT2D eigenvalue weighted by molar-refractivity contribution is 6.27. The third kappa shape index (κ3) is 7.30. The van der Waals surface area contributed by atoms with E-state index in [-0.39, 0.29) is 0 Å². The summed E-state index contributed by atoms with van der Waals surface area (Å²) < 4.78 is 6.64. The zero-order chi connectivity index (χ0) is 45.7. The number of hydrogen-bond acceptors (Lipinski definition) is 5. The number of benzene rings is 10. The lowest BCUT2D eigenvalue weighted by Gasteiger charge is -2.16. The Bertz CT molecular complexity index is 3950. The van der Waals surface area contributed by atoms with Crippen LogP contribution in [-0.4, -0.2) is 19.9 Å². The summed E-state index contributed by atoms with van der Waals surface area (Å²) in [7, 11) is 0. The van der Waals surface area contributed by atoms with E-state index in [1.54, 1.807) is 0 Å². The van der Waals surface area contributed by atoms with Crippen LogP contribution in [-0.2, 0) is 0 Å². The van der Waals surface area contributed by atoms with Crippen molar-refractivity contribution >= 4 is 43.6 Å². The second kappa shape index (κ2) is 16.8. The molecule has 0 unspecified atom stereocenters. The molecule has 0 saturated carbocycles. The molecule has 0 bridgehead atoms. The maximum Gasteiger partial charge on any atom is 0.164 e. The largest absolute Gasteiger partial charge is 0.456 e. The van der Waals surface area contributed by atoms with Crippen LogP contribution in [0.15, 0.2) is 247 Å². The molecular formula is C64H40N4O. The number of aromatic nitrogens is 4. The second-order valence-corrected chi connectivity index (χ2v) is 17.3. The van der Waals surface area contributed by atoms with E-state index in [9.17, 15) is 0 Å². The molecule has 322 valence electrons. The summed E-state index contributed by atoms with van der Waals surface area (Å²) >= 11 is 0. The van der Waals surface area contributed by atoms with Crippen molar-refractivity contribution in [1.82, 2.24) is 19.9 Å². The van der Waals surface area contributed by atoms with Crippen LogP contribution < -0.4 is 0 Å². The van der Waals surface area contributed by atoms with Crippen molar-refractivity contribution in [2.75, 3.05) is 0 Å². The molecule has 10 aromatic carbocycles. The van der Waals surface area contributed by atoms with Gasteiger partial charge >= 0.3 is 0 Å². The molecule has 0 spiro atoms. The summed E-state index contributed by atoms with van der Waals surface area (Å²) in [5, 5.41) is 5.51. The lowest BCUT2D eigenvalue weighted by molar-refractivity contribution is 0.669. The second-order valence-electron chi connectivity index (χ2n) is 17.3. The molecule has 0 fully saturated rings. The van der Waals surface area contributed by atoms with Crippen molar-refractivity contribution in [1.29, 1.82) is 0 Å². The summed E-state index contributed by atoms with van der Waals surface area (Å²) in [6, 6.07) is 84.5. The SMILES string of the molecule is c1ccc(-c2cccc(-c3nc(-c4ccc(-c5cccc(-c6nc7ccccc7c7c(-c8ccccc8)c8c(cc67)oc6ccccc68)c5)cc4)nc(-c4cccc(-c5ccccc5)c4)n3)c2)cc1. The van der Waals surface area contributed by atoms with E-state index in [1.165, 1.54) is 0 Å². The van der Waals surface area contributed by atoms with Gasteiger partial charge in [-0.1, -0.05) is 206 Å². The van der Waals surface area contributed by atoms with Crippen molar-refractivity contribution in [3.05, 3.63) is 243 Å². The summed E-state index contributed by atoms with van der Waals surface area (Å²) in [5.74, 6) is 1.82. The molecule has 5 nitrogen and oxygen atoms in total. The first-order valence-electron chi connectivity index (χ1n) is 23.2. The van der Waals surface area contributed by atoms with Crippen LogP contribution >= 0.6 is 0 Å². The molecule has 3 aromatic heterocycles. The highest BCUT2D eigenvalue weighted by atomic mass is 16.3. The van der Waals surface area contributed by atoms with Gasteiger partial charge in [-0.05, 0) is 75.3 Å². The molecule has 0 radical (unpaired) electrons. The van der Waals surface area contributed by atoms with E-state index < -0.39 is 0 Å². The Labute approximate surface area is 398 Å². The minimum atomic E-state index is 0.600. The molecule has 0 aliphatic carbocycles. The fourth-order valence-electron chi connectivity index (χ4n) is 9.79. The number of para-hydroxylation sites is 2. The fraction of sp³-hybridized carbons (Fsp3) is 0. The van der Waals surface area contributed by atoms with Crippen LogP contribution in [0.1, 0.15) is 0 Å². The summed E-state index contributed by atoms with van der Waals surface area (Å²) in [5.41, 5.74) is 16.2. The molecule has 0 aliphatic rings. The Kier molecular flexibility index (Phi) is 9.76. The Morgan fingerprint density at radius 1 is 0.246 bits per heavy atom. The Hall–Kier alpha value is -9.32. The Morgan fingerprint density at radius 3 is 1.29 bits per heavy atom. The van der Waals surface area contributed by atoms with Gasteiger partial charge in [-0.2, -0.15) is 0 Å². The van der Waals surface area contributed by atoms with Gasteiger partial charge in [0.25, 0.3) is 0 Å². The van der Waals surface area contributed by atoms with Gasteiger partial charge in [-0.25, -0.2) is 19.9 Å². The predicted octanol–water partition coefficient (Wildman–Crippen LogP) is 16.8. The highest BCUT2D eigenvalue weighted by Crippen LogP contribution is 2.46. The molecule has 3 heterocycles. The van der Waals surface area contributed by atoms with Gasteiger partial charge < -0.3 is 4.42 Å². The normalized spacial score (nSPS) is 11.5. The highest BCUT2D eigenvalue weighted by Gasteiger charge is 2.22. The minimum Gasteiger partial charge on any atom is -0.456 e. The molecule has 5 heteroatoms. The van der Waals surface area contributed by atoms with Crippen LogP contribution in [0.2, 0.25) is 0 Å². The molecule has 13 aromatic rings. The molecular weight excluding hydrogens is 841 g/mol. The number of furan rings is 1. The van der Waals surface area contributed by atoms with Gasteiger partial charge in [-0.15, -0.1) is 0 Å².